The lowest BCUT2D eigenvalue weighted by atomic mass is 9.99. The number of hydrogen-bond acceptors (Lipinski definition) is 2. The zero-order chi connectivity index (χ0) is 10.7. The van der Waals surface area contributed by atoms with Crippen molar-refractivity contribution >= 4 is 43.2 Å². The standard InChI is InChI=1S/C11H15Br2NS/c12-7-9-1-4-14(5-2-9)8-10-3-6-15-11(10)13/h3,6,9H,1-2,4-5,7-8H2. The van der Waals surface area contributed by atoms with Gasteiger partial charge in [-0.15, -0.1) is 11.3 Å². The van der Waals surface area contributed by atoms with E-state index < -0.39 is 0 Å². The second kappa shape index (κ2) is 5.80. The number of hydrogen-bond donors (Lipinski definition) is 0. The minimum absolute atomic E-state index is 0.896. The Balaban J connectivity index is 1.85. The molecule has 1 saturated heterocycles. The molecule has 0 saturated carbocycles. The molecule has 2 rings (SSSR count). The highest BCUT2D eigenvalue weighted by Gasteiger charge is 2.18. The van der Waals surface area contributed by atoms with Gasteiger partial charge in [0.1, 0.15) is 0 Å². The lowest BCUT2D eigenvalue weighted by Crippen LogP contribution is -2.33. The third-order valence-electron chi connectivity index (χ3n) is 3.01. The maximum atomic E-state index is 3.60. The Bertz CT molecular complexity index is 305. The van der Waals surface area contributed by atoms with Crippen LogP contribution in [0.2, 0.25) is 0 Å². The minimum atomic E-state index is 0.896. The van der Waals surface area contributed by atoms with E-state index in [9.17, 15) is 0 Å². The first-order valence-electron chi connectivity index (χ1n) is 5.30. The molecule has 0 unspecified atom stereocenters. The van der Waals surface area contributed by atoms with Crippen LogP contribution in [0.1, 0.15) is 18.4 Å². The molecule has 0 aliphatic carbocycles. The predicted molar refractivity (Wildman–Crippen MR) is 73.8 cm³/mol. The van der Waals surface area contributed by atoms with Crippen molar-refractivity contribution < 1.29 is 0 Å². The molecular formula is C11H15Br2NS. The molecule has 15 heavy (non-hydrogen) atoms. The van der Waals surface area contributed by atoms with E-state index in [1.807, 2.05) is 0 Å². The monoisotopic (exact) mass is 351 g/mol. The van der Waals surface area contributed by atoms with Gasteiger partial charge in [0, 0.05) is 11.9 Å². The molecule has 2 heterocycles. The van der Waals surface area contributed by atoms with Crippen LogP contribution in [-0.4, -0.2) is 23.3 Å². The van der Waals surface area contributed by atoms with Gasteiger partial charge in [0.15, 0.2) is 0 Å². The van der Waals surface area contributed by atoms with Crippen LogP contribution in [0.3, 0.4) is 0 Å². The highest BCUT2D eigenvalue weighted by Crippen LogP contribution is 2.26. The molecule has 0 atom stereocenters. The van der Waals surface area contributed by atoms with Gasteiger partial charge in [-0.25, -0.2) is 0 Å². The number of halogens is 2. The van der Waals surface area contributed by atoms with Crippen LogP contribution in [0.25, 0.3) is 0 Å². The van der Waals surface area contributed by atoms with E-state index in [0.29, 0.717) is 0 Å². The number of rotatable bonds is 3. The molecule has 0 amide bonds. The number of likely N-dealkylation sites (tertiary alicyclic amines) is 1. The van der Waals surface area contributed by atoms with E-state index in [4.69, 9.17) is 0 Å². The first-order valence-corrected chi connectivity index (χ1v) is 8.09. The average Bonchev–Trinajstić information content (AvgIpc) is 2.66. The van der Waals surface area contributed by atoms with Crippen molar-refractivity contribution in [2.75, 3.05) is 18.4 Å². The number of piperidine rings is 1. The number of alkyl halides is 1. The summed E-state index contributed by atoms with van der Waals surface area (Å²) in [6.07, 6.45) is 2.68. The van der Waals surface area contributed by atoms with Gasteiger partial charge < -0.3 is 0 Å². The largest absolute Gasteiger partial charge is 0.299 e. The summed E-state index contributed by atoms with van der Waals surface area (Å²) < 4.78 is 1.30. The molecule has 1 aliphatic heterocycles. The Hall–Kier alpha value is 0.620. The molecule has 1 aromatic rings. The summed E-state index contributed by atoms with van der Waals surface area (Å²) in [5.41, 5.74) is 1.44. The van der Waals surface area contributed by atoms with Crippen LogP contribution in [-0.2, 0) is 6.54 Å². The Morgan fingerprint density at radius 1 is 1.40 bits per heavy atom. The quantitative estimate of drug-likeness (QED) is 0.739. The van der Waals surface area contributed by atoms with Crippen molar-refractivity contribution in [1.29, 1.82) is 0 Å². The van der Waals surface area contributed by atoms with Crippen molar-refractivity contribution in [2.45, 2.75) is 19.4 Å². The Morgan fingerprint density at radius 2 is 2.13 bits per heavy atom. The maximum absolute atomic E-state index is 3.60. The average molecular weight is 353 g/mol. The van der Waals surface area contributed by atoms with E-state index in [0.717, 1.165) is 12.5 Å². The molecule has 0 bridgehead atoms. The smallest absolute Gasteiger partial charge is 0.0743 e. The molecule has 1 aromatic heterocycles. The molecular weight excluding hydrogens is 338 g/mol. The van der Waals surface area contributed by atoms with Gasteiger partial charge in [0.2, 0.25) is 0 Å². The molecule has 4 heteroatoms. The Kier molecular flexibility index (Phi) is 4.68. The van der Waals surface area contributed by atoms with Crippen molar-refractivity contribution in [3.8, 4) is 0 Å². The topological polar surface area (TPSA) is 3.24 Å². The van der Waals surface area contributed by atoms with Gasteiger partial charge in [-0.2, -0.15) is 0 Å². The van der Waals surface area contributed by atoms with Gasteiger partial charge in [-0.1, -0.05) is 15.9 Å². The van der Waals surface area contributed by atoms with Gasteiger partial charge in [0.05, 0.1) is 3.79 Å². The molecule has 1 nitrogen and oxygen atoms in total. The molecule has 0 spiro atoms. The predicted octanol–water partition coefficient (Wildman–Crippen LogP) is 4.12. The summed E-state index contributed by atoms with van der Waals surface area (Å²) in [7, 11) is 0. The van der Waals surface area contributed by atoms with E-state index in [2.05, 4.69) is 48.2 Å². The Morgan fingerprint density at radius 3 is 2.67 bits per heavy atom. The zero-order valence-electron chi connectivity index (χ0n) is 8.59. The third-order valence-corrected chi connectivity index (χ3v) is 5.74. The van der Waals surface area contributed by atoms with Crippen molar-refractivity contribution in [3.05, 3.63) is 20.8 Å². The van der Waals surface area contributed by atoms with Crippen LogP contribution in [0.4, 0.5) is 0 Å². The highest BCUT2D eigenvalue weighted by atomic mass is 79.9. The molecule has 0 radical (unpaired) electrons. The van der Waals surface area contributed by atoms with Gasteiger partial charge >= 0.3 is 0 Å². The first-order chi connectivity index (χ1) is 7.29. The fourth-order valence-electron chi connectivity index (χ4n) is 1.97. The van der Waals surface area contributed by atoms with Crippen molar-refractivity contribution in [3.63, 3.8) is 0 Å². The van der Waals surface area contributed by atoms with Crippen molar-refractivity contribution in [2.24, 2.45) is 5.92 Å². The zero-order valence-corrected chi connectivity index (χ0v) is 12.6. The number of nitrogens with zero attached hydrogens (tertiary/aromatic N) is 1. The van der Waals surface area contributed by atoms with Crippen LogP contribution >= 0.6 is 43.2 Å². The SMILES string of the molecule is BrCC1CCN(Cc2ccsc2Br)CC1. The van der Waals surface area contributed by atoms with Gasteiger partial charge in [0.25, 0.3) is 0 Å². The summed E-state index contributed by atoms with van der Waals surface area (Å²) in [4.78, 5) is 2.56. The van der Waals surface area contributed by atoms with E-state index >= 15 is 0 Å². The normalized spacial score (nSPS) is 19.6. The second-order valence-corrected chi connectivity index (χ2v) is 6.97. The number of thiophene rings is 1. The summed E-state index contributed by atoms with van der Waals surface area (Å²) >= 11 is 8.96. The molecule has 1 aliphatic rings. The summed E-state index contributed by atoms with van der Waals surface area (Å²) in [5, 5.41) is 3.33. The lowest BCUT2D eigenvalue weighted by Gasteiger charge is -2.30. The van der Waals surface area contributed by atoms with E-state index in [1.54, 1.807) is 11.3 Å². The summed E-state index contributed by atoms with van der Waals surface area (Å²) in [5.74, 6) is 0.896. The lowest BCUT2D eigenvalue weighted by molar-refractivity contribution is 0.187. The van der Waals surface area contributed by atoms with Crippen molar-refractivity contribution in [1.82, 2.24) is 4.90 Å². The molecule has 0 aromatic carbocycles. The van der Waals surface area contributed by atoms with Gasteiger partial charge in [-0.3, -0.25) is 4.90 Å². The second-order valence-electron chi connectivity index (χ2n) is 4.09. The molecule has 84 valence electrons. The van der Waals surface area contributed by atoms with Gasteiger partial charge in [-0.05, 0) is 64.8 Å². The van der Waals surface area contributed by atoms with E-state index in [1.165, 1.54) is 40.6 Å². The van der Waals surface area contributed by atoms with Crippen LogP contribution in [0.5, 0.6) is 0 Å². The maximum Gasteiger partial charge on any atom is 0.0743 e. The summed E-state index contributed by atoms with van der Waals surface area (Å²) in [6, 6.07) is 2.23. The van der Waals surface area contributed by atoms with E-state index in [-0.39, 0.29) is 0 Å². The third kappa shape index (κ3) is 3.29. The molecule has 1 fully saturated rings. The summed E-state index contributed by atoms with van der Waals surface area (Å²) in [6.45, 7) is 3.61. The van der Waals surface area contributed by atoms with Crippen LogP contribution in [0.15, 0.2) is 15.2 Å². The Labute approximate surface area is 112 Å². The fourth-order valence-corrected chi connectivity index (χ4v) is 3.84. The first kappa shape index (κ1) is 12.1. The van der Waals surface area contributed by atoms with Crippen LogP contribution in [0, 0.1) is 5.92 Å². The molecule has 0 N–H and O–H groups in total. The fraction of sp³-hybridized carbons (Fsp3) is 0.636. The van der Waals surface area contributed by atoms with Crippen LogP contribution < -0.4 is 0 Å². The minimum Gasteiger partial charge on any atom is -0.299 e. The highest BCUT2D eigenvalue weighted by molar-refractivity contribution is 9.11.